The first kappa shape index (κ1) is 17.4. The zero-order valence-corrected chi connectivity index (χ0v) is 15.0. The smallest absolute Gasteiger partial charge is 0.274 e. The summed E-state index contributed by atoms with van der Waals surface area (Å²) in [6, 6.07) is 12.6. The number of hydrogen-bond acceptors (Lipinski definition) is 5. The molecule has 2 N–H and O–H groups in total. The summed E-state index contributed by atoms with van der Waals surface area (Å²) in [5.74, 6) is -0.334. The maximum absolute atomic E-state index is 12.3. The molecule has 6 nitrogen and oxygen atoms in total. The monoisotopic (exact) mass is 400 g/mol. The summed E-state index contributed by atoms with van der Waals surface area (Å²) in [4.78, 5) is 18.5. The van der Waals surface area contributed by atoms with Crippen LogP contribution >= 0.6 is 15.9 Å². The average Bonchev–Trinajstić information content (AvgIpc) is 2.62. The van der Waals surface area contributed by atoms with Crippen molar-refractivity contribution in [3.8, 4) is 6.07 Å². The van der Waals surface area contributed by atoms with Crippen LogP contribution in [0, 0.1) is 11.3 Å². The molecule has 1 saturated heterocycles. The summed E-state index contributed by atoms with van der Waals surface area (Å²) in [7, 11) is 0. The number of pyridine rings is 1. The Bertz CT molecular complexity index is 826. The van der Waals surface area contributed by atoms with Gasteiger partial charge in [-0.1, -0.05) is 6.07 Å². The van der Waals surface area contributed by atoms with E-state index < -0.39 is 0 Å². The van der Waals surface area contributed by atoms with E-state index in [4.69, 9.17) is 0 Å². The molecule has 2 heterocycles. The van der Waals surface area contributed by atoms with Crippen molar-refractivity contribution in [2.45, 2.75) is 18.9 Å². The maximum atomic E-state index is 12.3. The highest BCUT2D eigenvalue weighted by atomic mass is 79.9. The number of amides is 1. The van der Waals surface area contributed by atoms with Crippen LogP contribution in [0.3, 0.4) is 0 Å². The number of hydrogen-bond donors (Lipinski definition) is 2. The highest BCUT2D eigenvalue weighted by Gasteiger charge is 2.20. The number of aromatic nitrogens is 1. The Hall–Kier alpha value is -2.43. The number of carbonyl (C=O) groups is 1. The molecule has 0 aliphatic carbocycles. The molecule has 2 aromatic rings. The number of nitrogens with one attached hydrogen (secondary N) is 1. The summed E-state index contributed by atoms with van der Waals surface area (Å²) < 4.78 is 0.584. The molecular formula is C18H17BrN4O2. The molecule has 3 rings (SSSR count). The molecular weight excluding hydrogens is 384 g/mol. The molecule has 1 amide bonds. The fraction of sp³-hybridized carbons (Fsp3) is 0.278. The second-order valence-electron chi connectivity index (χ2n) is 5.86. The summed E-state index contributed by atoms with van der Waals surface area (Å²) in [6.07, 6.45) is 1.12. The van der Waals surface area contributed by atoms with Crippen LogP contribution in [0.15, 0.2) is 41.0 Å². The van der Waals surface area contributed by atoms with Crippen LogP contribution in [0.1, 0.15) is 28.9 Å². The van der Waals surface area contributed by atoms with Crippen LogP contribution < -0.4 is 10.2 Å². The van der Waals surface area contributed by atoms with Gasteiger partial charge in [0.15, 0.2) is 0 Å². The second-order valence-corrected chi connectivity index (χ2v) is 6.67. The van der Waals surface area contributed by atoms with E-state index in [1.54, 1.807) is 30.3 Å². The first-order valence-electron chi connectivity index (χ1n) is 7.98. The summed E-state index contributed by atoms with van der Waals surface area (Å²) >= 11 is 3.24. The van der Waals surface area contributed by atoms with Gasteiger partial charge in [-0.2, -0.15) is 5.26 Å². The molecule has 1 aromatic carbocycles. The summed E-state index contributed by atoms with van der Waals surface area (Å²) in [5.41, 5.74) is 2.16. The van der Waals surface area contributed by atoms with Crippen LogP contribution in [-0.4, -0.2) is 35.2 Å². The Kier molecular flexibility index (Phi) is 5.31. The predicted molar refractivity (Wildman–Crippen MR) is 98.5 cm³/mol. The molecule has 1 aromatic heterocycles. The number of anilines is 2. The minimum absolute atomic E-state index is 0.266. The van der Waals surface area contributed by atoms with Gasteiger partial charge in [-0.25, -0.2) is 4.98 Å². The lowest BCUT2D eigenvalue weighted by Gasteiger charge is -2.32. The van der Waals surface area contributed by atoms with Crippen LogP contribution in [0.5, 0.6) is 0 Å². The zero-order valence-electron chi connectivity index (χ0n) is 13.4. The third-order valence-electron chi connectivity index (χ3n) is 4.13. The normalized spacial score (nSPS) is 14.8. The van der Waals surface area contributed by atoms with E-state index in [0.29, 0.717) is 47.5 Å². The lowest BCUT2D eigenvalue weighted by Crippen LogP contribution is -2.36. The van der Waals surface area contributed by atoms with Crippen LogP contribution in [0.25, 0.3) is 0 Å². The van der Waals surface area contributed by atoms with E-state index in [1.807, 2.05) is 6.07 Å². The third kappa shape index (κ3) is 4.16. The highest BCUT2D eigenvalue weighted by molar-refractivity contribution is 9.10. The number of aliphatic hydroxyl groups excluding tert-OH is 1. The molecule has 0 bridgehead atoms. The van der Waals surface area contributed by atoms with Crippen LogP contribution in [0.2, 0.25) is 0 Å². The molecule has 25 heavy (non-hydrogen) atoms. The standard InChI is InChI=1S/C18H17BrN4O2/c19-17-3-1-2-15(22-17)18(25)21-13-4-5-16(12(10-13)11-20)23-8-6-14(24)7-9-23/h1-5,10,14,24H,6-9H2,(H,21,25). The van der Waals surface area contributed by atoms with Gasteiger partial charge in [0.2, 0.25) is 0 Å². The fourth-order valence-electron chi connectivity index (χ4n) is 2.82. The zero-order chi connectivity index (χ0) is 17.8. The fourth-order valence-corrected chi connectivity index (χ4v) is 3.16. The number of nitriles is 1. The van der Waals surface area contributed by atoms with Crippen molar-refractivity contribution >= 4 is 33.2 Å². The molecule has 0 spiro atoms. The van der Waals surface area contributed by atoms with Gasteiger partial charge in [0.05, 0.1) is 17.4 Å². The molecule has 1 fully saturated rings. The van der Waals surface area contributed by atoms with Gasteiger partial charge >= 0.3 is 0 Å². The highest BCUT2D eigenvalue weighted by Crippen LogP contribution is 2.27. The number of carbonyl (C=O) groups excluding carboxylic acids is 1. The first-order chi connectivity index (χ1) is 12.1. The number of rotatable bonds is 3. The van der Waals surface area contributed by atoms with Crippen molar-refractivity contribution in [2.24, 2.45) is 0 Å². The molecule has 0 saturated carbocycles. The van der Waals surface area contributed by atoms with Crippen molar-refractivity contribution in [2.75, 3.05) is 23.3 Å². The largest absolute Gasteiger partial charge is 0.393 e. The van der Waals surface area contributed by atoms with Crippen molar-refractivity contribution in [3.05, 3.63) is 52.3 Å². The predicted octanol–water partition coefficient (Wildman–Crippen LogP) is 2.93. The molecule has 0 atom stereocenters. The Labute approximate surface area is 154 Å². The Morgan fingerprint density at radius 2 is 2.08 bits per heavy atom. The number of benzene rings is 1. The SMILES string of the molecule is N#Cc1cc(NC(=O)c2cccc(Br)n2)ccc1N1CCC(O)CC1. The van der Waals surface area contributed by atoms with Gasteiger partial charge in [-0.3, -0.25) is 4.79 Å². The molecule has 7 heteroatoms. The third-order valence-corrected chi connectivity index (χ3v) is 4.57. The van der Waals surface area contributed by atoms with Gasteiger partial charge < -0.3 is 15.3 Å². The molecule has 1 aliphatic heterocycles. The minimum atomic E-state index is -0.334. The van der Waals surface area contributed by atoms with E-state index in [-0.39, 0.29) is 12.0 Å². The lowest BCUT2D eigenvalue weighted by atomic mass is 10.0. The quantitative estimate of drug-likeness (QED) is 0.773. The summed E-state index contributed by atoms with van der Waals surface area (Å²) in [6.45, 7) is 1.42. The molecule has 128 valence electrons. The number of piperidine rings is 1. The van der Waals surface area contributed by atoms with Crippen molar-refractivity contribution in [1.82, 2.24) is 4.98 Å². The number of halogens is 1. The van der Waals surface area contributed by atoms with E-state index in [0.717, 1.165) is 5.69 Å². The summed E-state index contributed by atoms with van der Waals surface area (Å²) in [5, 5.41) is 21.8. The van der Waals surface area contributed by atoms with E-state index in [1.165, 1.54) is 0 Å². The van der Waals surface area contributed by atoms with E-state index in [2.05, 4.69) is 37.2 Å². The molecule has 1 aliphatic rings. The second kappa shape index (κ2) is 7.64. The van der Waals surface area contributed by atoms with Crippen LogP contribution in [0.4, 0.5) is 11.4 Å². The van der Waals surface area contributed by atoms with Gasteiger partial charge in [0.1, 0.15) is 16.4 Å². The van der Waals surface area contributed by atoms with E-state index >= 15 is 0 Å². The minimum Gasteiger partial charge on any atom is -0.393 e. The van der Waals surface area contributed by atoms with Crippen LogP contribution in [-0.2, 0) is 0 Å². The topological polar surface area (TPSA) is 89.2 Å². The Morgan fingerprint density at radius 3 is 2.76 bits per heavy atom. The average molecular weight is 401 g/mol. The van der Waals surface area contributed by atoms with E-state index in [9.17, 15) is 15.2 Å². The van der Waals surface area contributed by atoms with Gasteiger partial charge in [0, 0.05) is 18.8 Å². The van der Waals surface area contributed by atoms with Crippen molar-refractivity contribution < 1.29 is 9.90 Å². The Morgan fingerprint density at radius 1 is 1.32 bits per heavy atom. The van der Waals surface area contributed by atoms with Crippen molar-refractivity contribution in [3.63, 3.8) is 0 Å². The first-order valence-corrected chi connectivity index (χ1v) is 8.77. The molecule has 0 unspecified atom stereocenters. The van der Waals surface area contributed by atoms with Crippen molar-refractivity contribution in [1.29, 1.82) is 5.26 Å². The van der Waals surface area contributed by atoms with Gasteiger partial charge in [0.25, 0.3) is 5.91 Å². The van der Waals surface area contributed by atoms with Gasteiger partial charge in [-0.05, 0) is 59.1 Å². The maximum Gasteiger partial charge on any atom is 0.274 e. The number of aliphatic hydroxyl groups is 1. The van der Waals surface area contributed by atoms with Gasteiger partial charge in [-0.15, -0.1) is 0 Å². The Balaban J connectivity index is 1.77. The molecule has 0 radical (unpaired) electrons. The number of nitrogens with zero attached hydrogens (tertiary/aromatic N) is 3. The lowest BCUT2D eigenvalue weighted by molar-refractivity contribution is 0.102.